The van der Waals surface area contributed by atoms with Gasteiger partial charge in [0.15, 0.2) is 0 Å². The van der Waals surface area contributed by atoms with E-state index in [-0.39, 0.29) is 5.92 Å². The maximum Gasteiger partial charge on any atom is 0.141 e. The molecule has 90 valence electrons. The van der Waals surface area contributed by atoms with Crippen LogP contribution in [0.5, 0.6) is 0 Å². The van der Waals surface area contributed by atoms with Crippen molar-refractivity contribution in [3.8, 4) is 0 Å². The number of hydrogen-bond donors (Lipinski definition) is 0. The first-order chi connectivity index (χ1) is 7.69. The first-order valence-electron chi connectivity index (χ1n) is 6.28. The molecule has 0 fully saturated rings. The van der Waals surface area contributed by atoms with Gasteiger partial charge in [-0.15, -0.1) is 11.3 Å². The number of rotatable bonds is 7. The van der Waals surface area contributed by atoms with Crippen LogP contribution in [0.1, 0.15) is 61.6 Å². The van der Waals surface area contributed by atoms with Gasteiger partial charge < -0.3 is 0 Å². The van der Waals surface area contributed by atoms with E-state index >= 15 is 0 Å². The summed E-state index contributed by atoms with van der Waals surface area (Å²) in [6.45, 7) is 6.39. The monoisotopic (exact) mass is 238 g/mol. The fourth-order valence-corrected chi connectivity index (χ4v) is 2.95. The van der Waals surface area contributed by atoms with Crippen LogP contribution in [0.4, 0.5) is 0 Å². The van der Waals surface area contributed by atoms with Crippen molar-refractivity contribution in [1.82, 2.24) is 0 Å². The molecule has 1 heterocycles. The highest BCUT2D eigenvalue weighted by atomic mass is 32.1. The number of ketones is 1. The second-order valence-electron chi connectivity index (χ2n) is 4.36. The minimum atomic E-state index is 0.162. The Labute approximate surface area is 103 Å². The van der Waals surface area contributed by atoms with E-state index < -0.39 is 0 Å². The standard InChI is InChI=1S/C14H22OS/c1-4-6-8-13(15)12(7-5-2)14-10-9-11(3)16-14/h9-10,12H,4-8H2,1-3H3. The Hall–Kier alpha value is -0.630. The molecule has 1 nitrogen and oxygen atoms in total. The Morgan fingerprint density at radius 2 is 2.06 bits per heavy atom. The molecule has 1 rings (SSSR count). The van der Waals surface area contributed by atoms with Gasteiger partial charge in [0.1, 0.15) is 5.78 Å². The summed E-state index contributed by atoms with van der Waals surface area (Å²) in [6, 6.07) is 4.25. The number of carbonyl (C=O) groups is 1. The van der Waals surface area contributed by atoms with E-state index in [0.29, 0.717) is 5.78 Å². The van der Waals surface area contributed by atoms with Gasteiger partial charge in [-0.2, -0.15) is 0 Å². The Kier molecular flexibility index (Phi) is 5.75. The van der Waals surface area contributed by atoms with Crippen molar-refractivity contribution in [2.45, 2.75) is 58.8 Å². The van der Waals surface area contributed by atoms with Crippen LogP contribution in [0.25, 0.3) is 0 Å². The quantitative estimate of drug-likeness (QED) is 0.673. The van der Waals surface area contributed by atoms with Gasteiger partial charge in [0.25, 0.3) is 0 Å². The zero-order chi connectivity index (χ0) is 12.0. The van der Waals surface area contributed by atoms with Crippen molar-refractivity contribution in [2.75, 3.05) is 0 Å². The maximum atomic E-state index is 12.1. The summed E-state index contributed by atoms with van der Waals surface area (Å²) in [5, 5.41) is 0. The van der Waals surface area contributed by atoms with Gasteiger partial charge in [0, 0.05) is 16.2 Å². The molecule has 1 aromatic heterocycles. The number of thiophene rings is 1. The van der Waals surface area contributed by atoms with Crippen LogP contribution in [0, 0.1) is 6.92 Å². The van der Waals surface area contributed by atoms with Gasteiger partial charge in [-0.3, -0.25) is 4.79 Å². The highest BCUT2D eigenvalue weighted by Crippen LogP contribution is 2.30. The van der Waals surface area contributed by atoms with E-state index in [4.69, 9.17) is 0 Å². The molecule has 0 aliphatic carbocycles. The molecule has 0 bridgehead atoms. The lowest BCUT2D eigenvalue weighted by molar-refractivity contribution is -0.120. The SMILES string of the molecule is CCCCC(=O)C(CCC)c1ccc(C)s1. The molecular formula is C14H22OS. The zero-order valence-corrected chi connectivity index (χ0v) is 11.4. The summed E-state index contributed by atoms with van der Waals surface area (Å²) >= 11 is 1.78. The zero-order valence-electron chi connectivity index (χ0n) is 10.6. The minimum Gasteiger partial charge on any atom is -0.299 e. The molecule has 0 radical (unpaired) electrons. The highest BCUT2D eigenvalue weighted by molar-refractivity contribution is 7.12. The average Bonchev–Trinajstić information content (AvgIpc) is 2.69. The molecule has 1 unspecified atom stereocenters. The van der Waals surface area contributed by atoms with Crippen LogP contribution in [0.15, 0.2) is 12.1 Å². The van der Waals surface area contributed by atoms with Gasteiger partial charge in [0.2, 0.25) is 0 Å². The van der Waals surface area contributed by atoms with Crippen molar-refractivity contribution < 1.29 is 4.79 Å². The number of Topliss-reactive ketones (excluding diaryl/α,β-unsaturated/α-hetero) is 1. The molecule has 0 saturated heterocycles. The summed E-state index contributed by atoms with van der Waals surface area (Å²) < 4.78 is 0. The third-order valence-corrected chi connectivity index (χ3v) is 3.96. The van der Waals surface area contributed by atoms with E-state index in [9.17, 15) is 4.79 Å². The van der Waals surface area contributed by atoms with Gasteiger partial charge >= 0.3 is 0 Å². The van der Waals surface area contributed by atoms with Crippen molar-refractivity contribution >= 4 is 17.1 Å². The van der Waals surface area contributed by atoms with Crippen LogP contribution in [0.2, 0.25) is 0 Å². The van der Waals surface area contributed by atoms with Crippen molar-refractivity contribution in [3.05, 3.63) is 21.9 Å². The number of aryl methyl sites for hydroxylation is 1. The number of carbonyl (C=O) groups excluding carboxylic acids is 1. The molecule has 2 heteroatoms. The molecule has 0 aliphatic rings. The van der Waals surface area contributed by atoms with E-state index in [0.717, 1.165) is 32.1 Å². The predicted octanol–water partition coefficient (Wildman–Crippen LogP) is 4.70. The molecule has 0 spiro atoms. The molecule has 0 aromatic carbocycles. The van der Waals surface area contributed by atoms with Crippen LogP contribution in [0.3, 0.4) is 0 Å². The summed E-state index contributed by atoms with van der Waals surface area (Å²) in [6.07, 6.45) is 4.97. The Morgan fingerprint density at radius 1 is 1.31 bits per heavy atom. The predicted molar refractivity (Wildman–Crippen MR) is 71.2 cm³/mol. The molecule has 0 saturated carbocycles. The van der Waals surface area contributed by atoms with Gasteiger partial charge in [-0.1, -0.05) is 26.7 Å². The van der Waals surface area contributed by atoms with Gasteiger partial charge in [-0.25, -0.2) is 0 Å². The molecular weight excluding hydrogens is 216 g/mol. The lowest BCUT2D eigenvalue weighted by Crippen LogP contribution is -2.11. The fourth-order valence-electron chi connectivity index (χ4n) is 1.92. The molecule has 1 atom stereocenters. The first-order valence-corrected chi connectivity index (χ1v) is 7.09. The molecule has 1 aromatic rings. The van der Waals surface area contributed by atoms with Crippen molar-refractivity contribution in [2.24, 2.45) is 0 Å². The number of hydrogen-bond acceptors (Lipinski definition) is 2. The third kappa shape index (κ3) is 3.75. The van der Waals surface area contributed by atoms with E-state index in [1.54, 1.807) is 11.3 Å². The Balaban J connectivity index is 2.70. The average molecular weight is 238 g/mol. The maximum absolute atomic E-state index is 12.1. The third-order valence-electron chi connectivity index (χ3n) is 2.85. The minimum absolute atomic E-state index is 0.162. The second-order valence-corrected chi connectivity index (χ2v) is 5.68. The van der Waals surface area contributed by atoms with E-state index in [1.165, 1.54) is 9.75 Å². The lowest BCUT2D eigenvalue weighted by atomic mass is 9.93. The molecule has 0 amide bonds. The fraction of sp³-hybridized carbons (Fsp3) is 0.643. The molecule has 16 heavy (non-hydrogen) atoms. The van der Waals surface area contributed by atoms with Gasteiger partial charge in [0.05, 0.1) is 5.92 Å². The van der Waals surface area contributed by atoms with Crippen molar-refractivity contribution in [1.29, 1.82) is 0 Å². The van der Waals surface area contributed by atoms with E-state index in [2.05, 4.69) is 32.9 Å². The van der Waals surface area contributed by atoms with E-state index in [1.807, 2.05) is 0 Å². The largest absolute Gasteiger partial charge is 0.299 e. The smallest absolute Gasteiger partial charge is 0.141 e. The summed E-state index contributed by atoms with van der Waals surface area (Å²) in [5.74, 6) is 0.598. The lowest BCUT2D eigenvalue weighted by Gasteiger charge is -2.12. The van der Waals surface area contributed by atoms with Crippen LogP contribution < -0.4 is 0 Å². The van der Waals surface area contributed by atoms with Gasteiger partial charge in [-0.05, 0) is 31.9 Å². The Bertz CT molecular complexity index is 327. The van der Waals surface area contributed by atoms with Crippen LogP contribution >= 0.6 is 11.3 Å². The summed E-state index contributed by atoms with van der Waals surface area (Å²) in [4.78, 5) is 14.7. The first kappa shape index (κ1) is 13.4. The topological polar surface area (TPSA) is 17.1 Å². The summed E-state index contributed by atoms with van der Waals surface area (Å²) in [7, 11) is 0. The second kappa shape index (κ2) is 6.85. The Morgan fingerprint density at radius 3 is 2.56 bits per heavy atom. The van der Waals surface area contributed by atoms with Crippen molar-refractivity contribution in [3.63, 3.8) is 0 Å². The van der Waals surface area contributed by atoms with Crippen LogP contribution in [-0.4, -0.2) is 5.78 Å². The van der Waals surface area contributed by atoms with Crippen LogP contribution in [-0.2, 0) is 4.79 Å². The highest BCUT2D eigenvalue weighted by Gasteiger charge is 2.20. The normalized spacial score (nSPS) is 12.7. The molecule has 0 N–H and O–H groups in total. The summed E-state index contributed by atoms with van der Waals surface area (Å²) in [5.41, 5.74) is 0. The molecule has 0 aliphatic heterocycles. The number of unbranched alkanes of at least 4 members (excludes halogenated alkanes) is 1.